The number of aromatic nitrogens is 2. The van der Waals surface area contributed by atoms with Crippen LogP contribution < -0.4 is 0 Å². The SMILES string of the molecule is CCN(CC)C(=O)N1CCC(C(=O)N2CCN(C(C)c3nc(-c4ccc(C)cc4)no3)CC2)CC1. The van der Waals surface area contributed by atoms with Gasteiger partial charge in [-0.2, -0.15) is 4.98 Å². The van der Waals surface area contributed by atoms with E-state index in [1.807, 2.05) is 52.8 Å². The van der Waals surface area contributed by atoms with E-state index in [1.54, 1.807) is 0 Å². The predicted octanol–water partition coefficient (Wildman–Crippen LogP) is 3.42. The van der Waals surface area contributed by atoms with E-state index in [0.29, 0.717) is 51.0 Å². The van der Waals surface area contributed by atoms with Gasteiger partial charge in [-0.05, 0) is 40.5 Å². The molecule has 190 valence electrons. The minimum atomic E-state index is -0.00622. The first-order valence-corrected chi connectivity index (χ1v) is 12.9. The Balaban J connectivity index is 1.26. The molecule has 0 radical (unpaired) electrons. The molecule has 0 saturated carbocycles. The Labute approximate surface area is 208 Å². The third kappa shape index (κ3) is 5.66. The maximum Gasteiger partial charge on any atom is 0.319 e. The van der Waals surface area contributed by atoms with Crippen molar-refractivity contribution < 1.29 is 14.1 Å². The van der Waals surface area contributed by atoms with Crippen molar-refractivity contribution >= 4 is 11.9 Å². The molecule has 0 aliphatic carbocycles. The minimum Gasteiger partial charge on any atom is -0.340 e. The molecule has 2 aliphatic heterocycles. The van der Waals surface area contributed by atoms with Crippen LogP contribution in [-0.4, -0.2) is 94.0 Å². The summed E-state index contributed by atoms with van der Waals surface area (Å²) in [5.41, 5.74) is 2.13. The molecule has 1 unspecified atom stereocenters. The third-order valence-electron chi connectivity index (χ3n) is 7.43. The van der Waals surface area contributed by atoms with Crippen LogP contribution in [0, 0.1) is 12.8 Å². The normalized spacial score (nSPS) is 18.5. The molecule has 3 amide bonds. The molecule has 2 saturated heterocycles. The quantitative estimate of drug-likeness (QED) is 0.627. The summed E-state index contributed by atoms with van der Waals surface area (Å²) in [6.07, 6.45) is 1.48. The Hall–Kier alpha value is -2.94. The minimum absolute atomic E-state index is 0.00622. The van der Waals surface area contributed by atoms with Crippen molar-refractivity contribution in [2.24, 2.45) is 5.92 Å². The number of amides is 3. The van der Waals surface area contributed by atoms with E-state index in [-0.39, 0.29) is 23.9 Å². The zero-order chi connectivity index (χ0) is 24.9. The number of nitrogens with zero attached hydrogens (tertiary/aromatic N) is 6. The van der Waals surface area contributed by atoms with Crippen molar-refractivity contribution in [1.82, 2.24) is 29.7 Å². The van der Waals surface area contributed by atoms with Gasteiger partial charge in [0.1, 0.15) is 0 Å². The van der Waals surface area contributed by atoms with Crippen LogP contribution in [0.2, 0.25) is 0 Å². The number of hydrogen-bond acceptors (Lipinski definition) is 6. The first-order valence-electron chi connectivity index (χ1n) is 12.9. The van der Waals surface area contributed by atoms with E-state index in [4.69, 9.17) is 4.52 Å². The highest BCUT2D eigenvalue weighted by Crippen LogP contribution is 2.26. The lowest BCUT2D eigenvalue weighted by Crippen LogP contribution is -2.53. The molecule has 2 aromatic rings. The van der Waals surface area contributed by atoms with Crippen molar-refractivity contribution in [2.45, 2.75) is 46.6 Å². The van der Waals surface area contributed by atoms with Crippen LogP contribution >= 0.6 is 0 Å². The Morgan fingerprint density at radius 1 is 1.00 bits per heavy atom. The first kappa shape index (κ1) is 25.2. The molecule has 2 aliphatic rings. The largest absolute Gasteiger partial charge is 0.340 e. The average Bonchev–Trinajstić information content (AvgIpc) is 3.39. The molecule has 0 spiro atoms. The molecule has 4 rings (SSSR count). The topological polar surface area (TPSA) is 86.0 Å². The van der Waals surface area contributed by atoms with Gasteiger partial charge in [0.15, 0.2) is 0 Å². The van der Waals surface area contributed by atoms with Crippen LogP contribution in [0.4, 0.5) is 4.79 Å². The highest BCUT2D eigenvalue weighted by atomic mass is 16.5. The fraction of sp³-hybridized carbons (Fsp3) is 0.615. The van der Waals surface area contributed by atoms with E-state index >= 15 is 0 Å². The van der Waals surface area contributed by atoms with Crippen molar-refractivity contribution in [3.05, 3.63) is 35.7 Å². The van der Waals surface area contributed by atoms with Gasteiger partial charge in [-0.25, -0.2) is 4.79 Å². The molecule has 1 aromatic carbocycles. The smallest absolute Gasteiger partial charge is 0.319 e. The van der Waals surface area contributed by atoms with E-state index in [1.165, 1.54) is 5.56 Å². The molecule has 1 aromatic heterocycles. The number of piperidine rings is 1. The highest BCUT2D eigenvalue weighted by molar-refractivity contribution is 5.80. The summed E-state index contributed by atoms with van der Waals surface area (Å²) in [6.45, 7) is 13.8. The predicted molar refractivity (Wildman–Crippen MR) is 134 cm³/mol. The number of likely N-dealkylation sites (tertiary alicyclic amines) is 1. The average molecular weight is 483 g/mol. The summed E-state index contributed by atoms with van der Waals surface area (Å²) < 4.78 is 5.58. The maximum absolute atomic E-state index is 13.2. The molecular formula is C26H38N6O3. The fourth-order valence-electron chi connectivity index (χ4n) is 4.98. The van der Waals surface area contributed by atoms with Crippen LogP contribution in [0.1, 0.15) is 51.1 Å². The zero-order valence-corrected chi connectivity index (χ0v) is 21.4. The highest BCUT2D eigenvalue weighted by Gasteiger charge is 2.34. The van der Waals surface area contributed by atoms with Gasteiger partial charge in [0, 0.05) is 63.8 Å². The Bertz CT molecular complexity index is 987. The van der Waals surface area contributed by atoms with Crippen LogP contribution in [0.5, 0.6) is 0 Å². The summed E-state index contributed by atoms with van der Waals surface area (Å²) in [7, 11) is 0. The van der Waals surface area contributed by atoms with Crippen molar-refractivity contribution in [3.63, 3.8) is 0 Å². The molecule has 1 atom stereocenters. The number of urea groups is 1. The molecular weight excluding hydrogens is 444 g/mol. The van der Waals surface area contributed by atoms with Crippen LogP contribution in [-0.2, 0) is 4.79 Å². The van der Waals surface area contributed by atoms with Gasteiger partial charge in [0.05, 0.1) is 6.04 Å². The molecule has 9 nitrogen and oxygen atoms in total. The van der Waals surface area contributed by atoms with Gasteiger partial charge in [0.25, 0.3) is 0 Å². The van der Waals surface area contributed by atoms with Crippen molar-refractivity contribution in [1.29, 1.82) is 0 Å². The monoisotopic (exact) mass is 482 g/mol. The number of aryl methyl sites for hydroxylation is 1. The van der Waals surface area contributed by atoms with Crippen molar-refractivity contribution in [2.75, 3.05) is 52.4 Å². The molecule has 0 N–H and O–H groups in total. The number of carbonyl (C=O) groups is 2. The van der Waals surface area contributed by atoms with Crippen molar-refractivity contribution in [3.8, 4) is 11.4 Å². The first-order chi connectivity index (χ1) is 16.9. The lowest BCUT2D eigenvalue weighted by Gasteiger charge is -2.40. The number of rotatable bonds is 6. The van der Waals surface area contributed by atoms with Crippen LogP contribution in [0.25, 0.3) is 11.4 Å². The Morgan fingerprint density at radius 3 is 2.23 bits per heavy atom. The molecule has 9 heteroatoms. The van der Waals surface area contributed by atoms with Gasteiger partial charge in [0.2, 0.25) is 17.6 Å². The summed E-state index contributed by atoms with van der Waals surface area (Å²) in [4.78, 5) is 38.4. The number of carbonyl (C=O) groups excluding carboxylic acids is 2. The molecule has 35 heavy (non-hydrogen) atoms. The molecule has 0 bridgehead atoms. The summed E-state index contributed by atoms with van der Waals surface area (Å²) in [5, 5.41) is 4.17. The van der Waals surface area contributed by atoms with Gasteiger partial charge in [-0.15, -0.1) is 0 Å². The summed E-state index contributed by atoms with van der Waals surface area (Å²) in [6, 6.07) is 8.17. The van der Waals surface area contributed by atoms with Gasteiger partial charge < -0.3 is 19.2 Å². The summed E-state index contributed by atoms with van der Waals surface area (Å²) in [5.74, 6) is 1.44. The molecule has 3 heterocycles. The Kier molecular flexibility index (Phi) is 8.05. The van der Waals surface area contributed by atoms with E-state index < -0.39 is 0 Å². The maximum atomic E-state index is 13.2. The second-order valence-corrected chi connectivity index (χ2v) is 9.58. The lowest BCUT2D eigenvalue weighted by molar-refractivity contribution is -0.139. The zero-order valence-electron chi connectivity index (χ0n) is 21.4. The Morgan fingerprint density at radius 2 is 1.63 bits per heavy atom. The van der Waals surface area contributed by atoms with Gasteiger partial charge >= 0.3 is 6.03 Å². The lowest BCUT2D eigenvalue weighted by atomic mass is 9.95. The standard InChI is InChI=1S/C26H38N6O3/c1-5-29(6-2)26(34)32-13-11-22(12-14-32)25(33)31-17-15-30(16-18-31)20(4)24-27-23(28-35-24)21-9-7-19(3)8-10-21/h7-10,20,22H,5-6,11-18H2,1-4H3. The number of benzene rings is 1. The van der Waals surface area contributed by atoms with E-state index in [9.17, 15) is 9.59 Å². The van der Waals surface area contributed by atoms with Gasteiger partial charge in [-0.1, -0.05) is 35.0 Å². The fourth-order valence-corrected chi connectivity index (χ4v) is 4.98. The van der Waals surface area contributed by atoms with Crippen LogP contribution in [0.3, 0.4) is 0 Å². The number of piperazine rings is 1. The van der Waals surface area contributed by atoms with Crippen LogP contribution in [0.15, 0.2) is 28.8 Å². The third-order valence-corrected chi connectivity index (χ3v) is 7.43. The molecule has 2 fully saturated rings. The van der Waals surface area contributed by atoms with E-state index in [2.05, 4.69) is 28.9 Å². The second-order valence-electron chi connectivity index (χ2n) is 9.58. The van der Waals surface area contributed by atoms with E-state index in [0.717, 1.165) is 31.5 Å². The van der Waals surface area contributed by atoms with Gasteiger partial charge in [-0.3, -0.25) is 9.69 Å². The second kappa shape index (κ2) is 11.2. The summed E-state index contributed by atoms with van der Waals surface area (Å²) >= 11 is 0. The number of hydrogen-bond donors (Lipinski definition) is 0.